The Morgan fingerprint density at radius 2 is 2.23 bits per heavy atom. The third kappa shape index (κ3) is 3.04. The molecule has 3 nitrogen and oxygen atoms in total. The van der Waals surface area contributed by atoms with Crippen LogP contribution in [0.3, 0.4) is 0 Å². The first-order valence-electron chi connectivity index (χ1n) is 8.35. The van der Waals surface area contributed by atoms with Crippen molar-refractivity contribution in [3.63, 3.8) is 0 Å². The average molecular weight is 323 g/mol. The summed E-state index contributed by atoms with van der Waals surface area (Å²) in [4.78, 5) is 6.60. The minimum absolute atomic E-state index is 0.0425. The van der Waals surface area contributed by atoms with E-state index >= 15 is 0 Å². The van der Waals surface area contributed by atoms with E-state index in [9.17, 15) is 5.11 Å². The van der Waals surface area contributed by atoms with Crippen molar-refractivity contribution in [2.75, 3.05) is 13.1 Å². The second kappa shape index (κ2) is 5.77. The Morgan fingerprint density at radius 3 is 2.91 bits per heavy atom. The van der Waals surface area contributed by atoms with Gasteiger partial charge in [-0.15, -0.1) is 0 Å². The third-order valence-corrected chi connectivity index (χ3v) is 5.77. The van der Waals surface area contributed by atoms with E-state index in [1.165, 1.54) is 12.8 Å². The van der Waals surface area contributed by atoms with Crippen LogP contribution in [0.15, 0.2) is 18.3 Å². The van der Waals surface area contributed by atoms with Crippen LogP contribution in [0.2, 0.25) is 5.15 Å². The lowest BCUT2D eigenvalue weighted by molar-refractivity contribution is -0.101. The molecule has 1 aliphatic carbocycles. The third-order valence-electron chi connectivity index (χ3n) is 5.56. The summed E-state index contributed by atoms with van der Waals surface area (Å²) in [6, 6.07) is 3.73. The van der Waals surface area contributed by atoms with Gasteiger partial charge in [0.1, 0.15) is 5.15 Å². The summed E-state index contributed by atoms with van der Waals surface area (Å²) in [5.74, 6) is 0.702. The molecule has 3 atom stereocenters. The largest absolute Gasteiger partial charge is 0.388 e. The van der Waals surface area contributed by atoms with Gasteiger partial charge in [0, 0.05) is 30.2 Å². The smallest absolute Gasteiger partial charge is 0.129 e. The fraction of sp³-hybridized carbons (Fsp3) is 0.722. The number of aliphatic hydroxyl groups excluding tert-OH is 1. The van der Waals surface area contributed by atoms with Crippen molar-refractivity contribution in [2.24, 2.45) is 11.3 Å². The SMILES string of the molecule is CC(C)(C)N1CC2CCCC(C(O)c3ccnc(Cl)c3)(C2)C1. The van der Waals surface area contributed by atoms with Gasteiger partial charge >= 0.3 is 0 Å². The van der Waals surface area contributed by atoms with Gasteiger partial charge in [0.2, 0.25) is 0 Å². The number of aliphatic hydroxyl groups is 1. The van der Waals surface area contributed by atoms with Crippen LogP contribution in [-0.2, 0) is 0 Å². The van der Waals surface area contributed by atoms with Crippen molar-refractivity contribution in [1.29, 1.82) is 0 Å². The highest BCUT2D eigenvalue weighted by molar-refractivity contribution is 6.29. The molecule has 2 heterocycles. The Kier molecular flexibility index (Phi) is 4.26. The van der Waals surface area contributed by atoms with Crippen molar-refractivity contribution in [1.82, 2.24) is 9.88 Å². The van der Waals surface area contributed by atoms with Crippen LogP contribution in [0.1, 0.15) is 58.1 Å². The highest BCUT2D eigenvalue weighted by Gasteiger charge is 2.49. The van der Waals surface area contributed by atoms with Crippen LogP contribution >= 0.6 is 11.6 Å². The molecule has 4 heteroatoms. The molecule has 1 aromatic rings. The van der Waals surface area contributed by atoms with E-state index in [2.05, 4.69) is 30.7 Å². The molecule has 1 aliphatic heterocycles. The summed E-state index contributed by atoms with van der Waals surface area (Å²) in [7, 11) is 0. The molecule has 2 aliphatic rings. The molecule has 22 heavy (non-hydrogen) atoms. The molecular weight excluding hydrogens is 296 g/mol. The Balaban J connectivity index is 1.91. The van der Waals surface area contributed by atoms with Gasteiger partial charge in [-0.1, -0.05) is 18.0 Å². The van der Waals surface area contributed by atoms with Gasteiger partial charge in [0.05, 0.1) is 6.10 Å². The number of pyridine rings is 1. The van der Waals surface area contributed by atoms with Gasteiger partial charge in [-0.2, -0.15) is 0 Å². The lowest BCUT2D eigenvalue weighted by Crippen LogP contribution is -2.57. The summed E-state index contributed by atoms with van der Waals surface area (Å²) in [6.45, 7) is 8.95. The summed E-state index contributed by atoms with van der Waals surface area (Å²) in [6.07, 6.45) is 5.97. The molecule has 1 saturated heterocycles. The van der Waals surface area contributed by atoms with Crippen LogP contribution in [0.25, 0.3) is 0 Å². The van der Waals surface area contributed by atoms with Crippen LogP contribution in [0, 0.1) is 11.3 Å². The Bertz CT molecular complexity index is 542. The van der Waals surface area contributed by atoms with E-state index in [1.807, 2.05) is 12.1 Å². The molecule has 3 rings (SSSR count). The Labute approximate surface area is 138 Å². The molecule has 0 aromatic carbocycles. The van der Waals surface area contributed by atoms with Gasteiger partial charge < -0.3 is 5.11 Å². The highest BCUT2D eigenvalue weighted by Crippen LogP contribution is 2.52. The zero-order valence-corrected chi connectivity index (χ0v) is 14.6. The fourth-order valence-electron chi connectivity index (χ4n) is 4.36. The van der Waals surface area contributed by atoms with E-state index in [0.29, 0.717) is 11.1 Å². The quantitative estimate of drug-likeness (QED) is 0.834. The molecule has 1 N–H and O–H groups in total. The van der Waals surface area contributed by atoms with Crippen molar-refractivity contribution in [3.05, 3.63) is 29.0 Å². The molecular formula is C18H27ClN2O. The maximum absolute atomic E-state index is 11.1. The topological polar surface area (TPSA) is 36.4 Å². The number of aromatic nitrogens is 1. The summed E-state index contributed by atoms with van der Waals surface area (Å²) < 4.78 is 0. The molecule has 3 unspecified atom stereocenters. The molecule has 1 saturated carbocycles. The fourth-order valence-corrected chi connectivity index (χ4v) is 4.55. The number of hydrogen-bond donors (Lipinski definition) is 1. The highest BCUT2D eigenvalue weighted by atomic mass is 35.5. The maximum Gasteiger partial charge on any atom is 0.129 e. The monoisotopic (exact) mass is 322 g/mol. The molecule has 0 radical (unpaired) electrons. The molecule has 2 fully saturated rings. The van der Waals surface area contributed by atoms with Crippen molar-refractivity contribution < 1.29 is 5.11 Å². The van der Waals surface area contributed by atoms with E-state index in [0.717, 1.165) is 31.5 Å². The minimum atomic E-state index is -0.457. The number of likely N-dealkylation sites (tertiary alicyclic amines) is 1. The summed E-state index contributed by atoms with van der Waals surface area (Å²) in [5, 5.41) is 11.6. The maximum atomic E-state index is 11.1. The van der Waals surface area contributed by atoms with Crippen LogP contribution in [-0.4, -0.2) is 33.6 Å². The zero-order valence-electron chi connectivity index (χ0n) is 13.8. The van der Waals surface area contributed by atoms with Crippen LogP contribution in [0.5, 0.6) is 0 Å². The lowest BCUT2D eigenvalue weighted by Gasteiger charge is -2.55. The van der Waals surface area contributed by atoms with Gasteiger partial charge in [-0.3, -0.25) is 4.90 Å². The normalized spacial score (nSPS) is 31.0. The van der Waals surface area contributed by atoms with Crippen molar-refractivity contribution in [3.8, 4) is 0 Å². The predicted molar refractivity (Wildman–Crippen MR) is 89.9 cm³/mol. The van der Waals surface area contributed by atoms with Gasteiger partial charge in [0.15, 0.2) is 0 Å². The average Bonchev–Trinajstić information content (AvgIpc) is 2.45. The van der Waals surface area contributed by atoms with Crippen LogP contribution < -0.4 is 0 Å². The lowest BCUT2D eigenvalue weighted by atomic mass is 9.62. The van der Waals surface area contributed by atoms with Crippen molar-refractivity contribution in [2.45, 2.75) is 58.1 Å². The standard InChI is InChI=1S/C18H27ClN2O/c1-17(2,3)21-11-13-5-4-7-18(10-13,12-21)16(22)14-6-8-20-15(19)9-14/h6,8-9,13,16,22H,4-5,7,10-12H2,1-3H3. The molecule has 1 aromatic heterocycles. The van der Waals surface area contributed by atoms with E-state index in [4.69, 9.17) is 11.6 Å². The second-order valence-electron chi connectivity index (χ2n) is 8.19. The van der Waals surface area contributed by atoms with E-state index in [1.54, 1.807) is 6.20 Å². The van der Waals surface area contributed by atoms with Gasteiger partial charge in [0.25, 0.3) is 0 Å². The number of rotatable bonds is 2. The van der Waals surface area contributed by atoms with Crippen LogP contribution in [0.4, 0.5) is 0 Å². The first-order valence-corrected chi connectivity index (χ1v) is 8.73. The number of fused-ring (bicyclic) bond motifs is 2. The number of hydrogen-bond acceptors (Lipinski definition) is 3. The van der Waals surface area contributed by atoms with E-state index in [-0.39, 0.29) is 11.0 Å². The summed E-state index contributed by atoms with van der Waals surface area (Å²) in [5.41, 5.74) is 1.02. The molecule has 0 spiro atoms. The Hall–Kier alpha value is -0.640. The molecule has 2 bridgehead atoms. The molecule has 122 valence electrons. The minimum Gasteiger partial charge on any atom is -0.388 e. The van der Waals surface area contributed by atoms with E-state index < -0.39 is 6.10 Å². The molecule has 0 amide bonds. The first-order chi connectivity index (χ1) is 10.3. The number of halogens is 1. The number of piperidine rings is 1. The van der Waals surface area contributed by atoms with Gasteiger partial charge in [-0.05, 0) is 63.6 Å². The first kappa shape index (κ1) is 16.2. The Morgan fingerprint density at radius 1 is 1.45 bits per heavy atom. The van der Waals surface area contributed by atoms with Gasteiger partial charge in [-0.25, -0.2) is 4.98 Å². The second-order valence-corrected chi connectivity index (χ2v) is 8.58. The summed E-state index contributed by atoms with van der Waals surface area (Å²) >= 11 is 6.03. The van der Waals surface area contributed by atoms with Crippen molar-refractivity contribution >= 4 is 11.6 Å². The zero-order chi connectivity index (χ0) is 16.0. The predicted octanol–water partition coefficient (Wildman–Crippen LogP) is 4.06. The number of nitrogens with zero attached hydrogens (tertiary/aromatic N) is 2.